The van der Waals surface area contributed by atoms with Gasteiger partial charge in [0.25, 0.3) is 0 Å². The van der Waals surface area contributed by atoms with E-state index in [0.29, 0.717) is 21.1 Å². The number of benzene rings is 2. The number of halogens is 4. The molecule has 25 heavy (non-hydrogen) atoms. The van der Waals surface area contributed by atoms with Crippen LogP contribution in [0.1, 0.15) is 21.5 Å². The summed E-state index contributed by atoms with van der Waals surface area (Å²) in [4.78, 5) is 11.9. The summed E-state index contributed by atoms with van der Waals surface area (Å²) in [6.45, 7) is 0.283. The molecule has 2 aromatic carbocycles. The molecule has 0 fully saturated rings. The van der Waals surface area contributed by atoms with E-state index in [4.69, 9.17) is 4.74 Å². The van der Waals surface area contributed by atoms with Gasteiger partial charge >= 0.3 is 12.1 Å². The molecular formula is C17H12BrF3N2O2. The minimum absolute atomic E-state index is 0.283. The molecule has 0 spiro atoms. The van der Waals surface area contributed by atoms with E-state index < -0.39 is 17.7 Å². The zero-order chi connectivity index (χ0) is 18.2. The molecule has 0 unspecified atom stereocenters. The number of carbonyl (C=O) groups is 1. The van der Waals surface area contributed by atoms with Gasteiger partial charge in [-0.25, -0.2) is 4.79 Å². The molecule has 4 nitrogen and oxygen atoms in total. The zero-order valence-corrected chi connectivity index (χ0v) is 14.6. The lowest BCUT2D eigenvalue weighted by atomic mass is 10.1. The van der Waals surface area contributed by atoms with Crippen LogP contribution in [0.3, 0.4) is 0 Å². The second kappa shape index (κ2) is 6.51. The second-order valence-electron chi connectivity index (χ2n) is 5.40. The molecule has 0 saturated carbocycles. The third-order valence-electron chi connectivity index (χ3n) is 3.65. The highest BCUT2D eigenvalue weighted by atomic mass is 79.9. The van der Waals surface area contributed by atoms with Gasteiger partial charge < -0.3 is 4.74 Å². The molecule has 3 rings (SSSR count). The summed E-state index contributed by atoms with van der Waals surface area (Å²) in [7, 11) is 1.29. The summed E-state index contributed by atoms with van der Waals surface area (Å²) >= 11 is 3.33. The number of carbonyl (C=O) groups excluding carboxylic acids is 1. The molecule has 0 atom stereocenters. The van der Waals surface area contributed by atoms with E-state index in [1.165, 1.54) is 19.2 Å². The monoisotopic (exact) mass is 412 g/mol. The van der Waals surface area contributed by atoms with Crippen molar-refractivity contribution in [2.45, 2.75) is 12.7 Å². The average Bonchev–Trinajstić information content (AvgIpc) is 2.95. The largest absolute Gasteiger partial charge is 0.465 e. The maximum atomic E-state index is 12.6. The van der Waals surface area contributed by atoms with Crippen LogP contribution >= 0.6 is 15.9 Å². The number of alkyl halides is 3. The summed E-state index contributed by atoms with van der Waals surface area (Å²) in [5.41, 5.74) is 0.762. The highest BCUT2D eigenvalue weighted by Crippen LogP contribution is 2.29. The fraction of sp³-hybridized carbons (Fsp3) is 0.176. The van der Waals surface area contributed by atoms with Crippen LogP contribution in [0.25, 0.3) is 10.9 Å². The number of fused-ring (bicyclic) bond motifs is 1. The number of methoxy groups -OCH3 is 1. The van der Waals surface area contributed by atoms with Crippen LogP contribution in [-0.2, 0) is 17.5 Å². The van der Waals surface area contributed by atoms with Crippen LogP contribution in [0.2, 0.25) is 0 Å². The Balaban J connectivity index is 1.93. The van der Waals surface area contributed by atoms with Crippen molar-refractivity contribution in [3.8, 4) is 0 Å². The molecule has 3 aromatic rings. The Kier molecular flexibility index (Phi) is 4.55. The molecule has 0 radical (unpaired) electrons. The van der Waals surface area contributed by atoms with E-state index in [9.17, 15) is 18.0 Å². The predicted octanol–water partition coefficient (Wildman–Crippen LogP) is 4.65. The lowest BCUT2D eigenvalue weighted by molar-refractivity contribution is -0.137. The van der Waals surface area contributed by atoms with Gasteiger partial charge in [-0.15, -0.1) is 0 Å². The van der Waals surface area contributed by atoms with Crippen LogP contribution in [0.4, 0.5) is 13.2 Å². The Hall–Kier alpha value is -2.35. The lowest BCUT2D eigenvalue weighted by Crippen LogP contribution is -2.06. The maximum Gasteiger partial charge on any atom is 0.416 e. The summed E-state index contributed by atoms with van der Waals surface area (Å²) in [6, 6.07) is 8.31. The number of ether oxygens (including phenoxy) is 1. The van der Waals surface area contributed by atoms with Gasteiger partial charge in [-0.3, -0.25) is 4.68 Å². The topological polar surface area (TPSA) is 44.1 Å². The molecule has 0 saturated heterocycles. The lowest BCUT2D eigenvalue weighted by Gasteiger charge is -2.07. The molecule has 1 heterocycles. The van der Waals surface area contributed by atoms with Gasteiger partial charge in [-0.2, -0.15) is 18.3 Å². The van der Waals surface area contributed by atoms with Crippen LogP contribution in [-0.4, -0.2) is 22.9 Å². The van der Waals surface area contributed by atoms with E-state index in [0.717, 1.165) is 17.5 Å². The SMILES string of the molecule is COC(=O)c1cc(Br)cc2cn(Cc3ccc(C(F)(F)F)cc3)nc12. The molecule has 0 amide bonds. The Bertz CT molecular complexity index is 933. The van der Waals surface area contributed by atoms with Gasteiger partial charge in [0.05, 0.1) is 24.8 Å². The molecule has 1 aromatic heterocycles. The van der Waals surface area contributed by atoms with Crippen LogP contribution in [0.5, 0.6) is 0 Å². The first kappa shape index (κ1) is 17.5. The summed E-state index contributed by atoms with van der Waals surface area (Å²) in [6.07, 6.45) is -2.63. The van der Waals surface area contributed by atoms with Crippen LogP contribution in [0.15, 0.2) is 47.1 Å². The molecule has 0 aliphatic heterocycles. The van der Waals surface area contributed by atoms with Crippen molar-refractivity contribution in [2.24, 2.45) is 0 Å². The first-order valence-electron chi connectivity index (χ1n) is 7.19. The minimum atomic E-state index is -4.36. The fourth-order valence-electron chi connectivity index (χ4n) is 2.48. The van der Waals surface area contributed by atoms with Crippen molar-refractivity contribution in [1.29, 1.82) is 0 Å². The number of hydrogen-bond donors (Lipinski definition) is 0. The van der Waals surface area contributed by atoms with Crippen molar-refractivity contribution >= 4 is 32.8 Å². The Morgan fingerprint density at radius 3 is 2.52 bits per heavy atom. The van der Waals surface area contributed by atoms with Gasteiger partial charge in [-0.1, -0.05) is 28.1 Å². The Morgan fingerprint density at radius 2 is 1.92 bits per heavy atom. The third-order valence-corrected chi connectivity index (χ3v) is 4.11. The van der Waals surface area contributed by atoms with Crippen molar-refractivity contribution < 1.29 is 22.7 Å². The van der Waals surface area contributed by atoms with Gasteiger partial charge in [0, 0.05) is 16.1 Å². The highest BCUT2D eigenvalue weighted by molar-refractivity contribution is 9.10. The molecule has 0 aliphatic rings. The van der Waals surface area contributed by atoms with E-state index in [1.807, 2.05) is 0 Å². The number of nitrogens with zero attached hydrogens (tertiary/aromatic N) is 2. The molecular weight excluding hydrogens is 401 g/mol. The van der Waals surface area contributed by atoms with Crippen LogP contribution < -0.4 is 0 Å². The smallest absolute Gasteiger partial charge is 0.416 e. The summed E-state index contributed by atoms with van der Waals surface area (Å²) in [5.74, 6) is -0.508. The number of rotatable bonds is 3. The van der Waals surface area contributed by atoms with Crippen LogP contribution in [0, 0.1) is 0 Å². The van der Waals surface area contributed by atoms with Gasteiger partial charge in [0.2, 0.25) is 0 Å². The van der Waals surface area contributed by atoms with Gasteiger partial charge in [0.1, 0.15) is 5.52 Å². The highest BCUT2D eigenvalue weighted by Gasteiger charge is 2.29. The van der Waals surface area contributed by atoms with E-state index >= 15 is 0 Å². The number of aromatic nitrogens is 2. The summed E-state index contributed by atoms with van der Waals surface area (Å²) in [5, 5.41) is 5.09. The molecule has 130 valence electrons. The normalized spacial score (nSPS) is 11.7. The average molecular weight is 413 g/mol. The fourth-order valence-corrected chi connectivity index (χ4v) is 2.96. The van der Waals surface area contributed by atoms with Crippen molar-refractivity contribution in [2.75, 3.05) is 7.11 Å². The van der Waals surface area contributed by atoms with E-state index in [1.54, 1.807) is 23.0 Å². The molecule has 8 heteroatoms. The van der Waals surface area contributed by atoms with Gasteiger partial charge in [-0.05, 0) is 29.8 Å². The van der Waals surface area contributed by atoms with E-state index in [-0.39, 0.29) is 6.54 Å². The molecule has 0 aliphatic carbocycles. The third kappa shape index (κ3) is 3.68. The van der Waals surface area contributed by atoms with Crippen molar-refractivity contribution in [3.63, 3.8) is 0 Å². The zero-order valence-electron chi connectivity index (χ0n) is 13.0. The molecule has 0 bridgehead atoms. The first-order chi connectivity index (χ1) is 11.8. The first-order valence-corrected chi connectivity index (χ1v) is 7.98. The Labute approximate surface area is 149 Å². The van der Waals surface area contributed by atoms with Crippen molar-refractivity contribution in [3.05, 3.63) is 63.8 Å². The second-order valence-corrected chi connectivity index (χ2v) is 6.32. The molecule has 0 N–H and O–H groups in total. The Morgan fingerprint density at radius 1 is 1.24 bits per heavy atom. The number of esters is 1. The minimum Gasteiger partial charge on any atom is -0.465 e. The number of hydrogen-bond acceptors (Lipinski definition) is 3. The standard InChI is InChI=1S/C17H12BrF3N2O2/c1-25-16(24)14-7-13(18)6-11-9-23(22-15(11)14)8-10-2-4-12(5-3-10)17(19,20)21/h2-7,9H,8H2,1H3. The quantitative estimate of drug-likeness (QED) is 0.588. The van der Waals surface area contributed by atoms with Gasteiger partial charge in [0.15, 0.2) is 0 Å². The summed E-state index contributed by atoms with van der Waals surface area (Å²) < 4.78 is 44.9. The van der Waals surface area contributed by atoms with E-state index in [2.05, 4.69) is 21.0 Å². The maximum absolute atomic E-state index is 12.6. The predicted molar refractivity (Wildman–Crippen MR) is 89.3 cm³/mol. The van der Waals surface area contributed by atoms with Crippen molar-refractivity contribution in [1.82, 2.24) is 9.78 Å².